The van der Waals surface area contributed by atoms with Crippen molar-refractivity contribution in [1.82, 2.24) is 15.0 Å². The van der Waals surface area contributed by atoms with Crippen molar-refractivity contribution in [1.29, 1.82) is 0 Å². The van der Waals surface area contributed by atoms with Gasteiger partial charge >= 0.3 is 5.97 Å². The van der Waals surface area contributed by atoms with E-state index < -0.39 is 0 Å². The van der Waals surface area contributed by atoms with Crippen molar-refractivity contribution in [3.8, 4) is 0 Å². The molecule has 21 heavy (non-hydrogen) atoms. The second-order valence-electron chi connectivity index (χ2n) is 5.62. The lowest BCUT2D eigenvalue weighted by Crippen LogP contribution is -2.17. The van der Waals surface area contributed by atoms with Gasteiger partial charge in [-0.25, -0.2) is 9.48 Å². The van der Waals surface area contributed by atoms with Gasteiger partial charge in [-0.1, -0.05) is 37.8 Å². The molecule has 2 rings (SSSR count). The zero-order valence-corrected chi connectivity index (χ0v) is 13.0. The molecule has 1 heterocycles. The van der Waals surface area contributed by atoms with Crippen LogP contribution in [0, 0.1) is 0 Å². The van der Waals surface area contributed by atoms with E-state index in [0.717, 1.165) is 30.7 Å². The zero-order chi connectivity index (χ0) is 15.1. The second kappa shape index (κ2) is 7.96. The van der Waals surface area contributed by atoms with E-state index in [1.165, 1.54) is 45.3 Å². The number of methoxy groups -OCH3 is 1. The van der Waals surface area contributed by atoms with E-state index in [2.05, 4.69) is 26.7 Å². The Morgan fingerprint density at radius 1 is 1.38 bits per heavy atom. The summed E-state index contributed by atoms with van der Waals surface area (Å²) >= 11 is 0. The maximum atomic E-state index is 11.3. The number of ether oxygens (including phenoxy) is 1. The van der Waals surface area contributed by atoms with Crippen LogP contribution in [0.25, 0.3) is 6.08 Å². The maximum Gasteiger partial charge on any atom is 0.330 e. The standard InChI is InChI=1S/C16H25N3O2/c1-3-4-10-15-14(11-12-16(20)21-2)17-18-19(15)13-8-6-5-7-9-13/h11-13H,3-10H2,1-2H3/b12-11-. The average molecular weight is 291 g/mol. The fourth-order valence-electron chi connectivity index (χ4n) is 2.88. The third-order valence-electron chi connectivity index (χ3n) is 4.09. The third-order valence-corrected chi connectivity index (χ3v) is 4.09. The van der Waals surface area contributed by atoms with Crippen molar-refractivity contribution in [2.24, 2.45) is 0 Å². The van der Waals surface area contributed by atoms with Gasteiger partial charge in [0.05, 0.1) is 18.8 Å². The van der Waals surface area contributed by atoms with Crippen LogP contribution in [0.15, 0.2) is 6.08 Å². The molecule has 1 aromatic rings. The molecule has 0 spiro atoms. The fourth-order valence-corrected chi connectivity index (χ4v) is 2.88. The molecule has 1 saturated carbocycles. The Morgan fingerprint density at radius 3 is 2.81 bits per heavy atom. The monoisotopic (exact) mass is 291 g/mol. The molecule has 1 aliphatic rings. The summed E-state index contributed by atoms with van der Waals surface area (Å²) in [6.45, 7) is 2.18. The molecule has 0 N–H and O–H groups in total. The molecule has 0 aliphatic heterocycles. The Balaban J connectivity index is 2.21. The smallest absolute Gasteiger partial charge is 0.330 e. The lowest BCUT2D eigenvalue weighted by atomic mass is 9.95. The molecule has 0 bridgehead atoms. The summed E-state index contributed by atoms with van der Waals surface area (Å²) in [5.41, 5.74) is 1.96. The number of unbranched alkanes of at least 4 members (excludes halogenated alkanes) is 1. The van der Waals surface area contributed by atoms with Gasteiger partial charge in [-0.2, -0.15) is 0 Å². The van der Waals surface area contributed by atoms with Gasteiger partial charge < -0.3 is 4.74 Å². The molecule has 0 saturated heterocycles. The van der Waals surface area contributed by atoms with Gasteiger partial charge in [-0.3, -0.25) is 0 Å². The maximum absolute atomic E-state index is 11.3. The molecular weight excluding hydrogens is 266 g/mol. The van der Waals surface area contributed by atoms with Crippen LogP contribution in [0.4, 0.5) is 0 Å². The summed E-state index contributed by atoms with van der Waals surface area (Å²) in [6.07, 6.45) is 12.6. The van der Waals surface area contributed by atoms with E-state index >= 15 is 0 Å². The van der Waals surface area contributed by atoms with E-state index in [0.29, 0.717) is 6.04 Å². The lowest BCUT2D eigenvalue weighted by Gasteiger charge is -2.23. The van der Waals surface area contributed by atoms with E-state index in [1.54, 1.807) is 6.08 Å². The first-order chi connectivity index (χ1) is 10.3. The van der Waals surface area contributed by atoms with Crippen LogP contribution in [0.1, 0.15) is 69.3 Å². The molecule has 1 fully saturated rings. The van der Waals surface area contributed by atoms with Crippen molar-refractivity contribution in [2.75, 3.05) is 7.11 Å². The normalized spacial score (nSPS) is 16.5. The summed E-state index contributed by atoms with van der Waals surface area (Å²) in [6, 6.07) is 0.471. The molecule has 0 atom stereocenters. The van der Waals surface area contributed by atoms with Crippen molar-refractivity contribution < 1.29 is 9.53 Å². The van der Waals surface area contributed by atoms with Crippen LogP contribution in [0.2, 0.25) is 0 Å². The number of rotatable bonds is 6. The Morgan fingerprint density at radius 2 is 2.14 bits per heavy atom. The summed E-state index contributed by atoms with van der Waals surface area (Å²) in [5, 5.41) is 8.63. The average Bonchev–Trinajstić information content (AvgIpc) is 2.94. The molecule has 0 unspecified atom stereocenters. The second-order valence-corrected chi connectivity index (χ2v) is 5.62. The van der Waals surface area contributed by atoms with Crippen molar-refractivity contribution in [3.05, 3.63) is 17.5 Å². The summed E-state index contributed by atoms with van der Waals surface area (Å²) in [4.78, 5) is 11.3. The van der Waals surface area contributed by atoms with E-state index in [4.69, 9.17) is 0 Å². The fraction of sp³-hybridized carbons (Fsp3) is 0.688. The van der Waals surface area contributed by atoms with Crippen LogP contribution >= 0.6 is 0 Å². The highest BCUT2D eigenvalue weighted by Crippen LogP contribution is 2.29. The van der Waals surface area contributed by atoms with Crippen molar-refractivity contribution >= 4 is 12.0 Å². The Labute approximate surface area is 126 Å². The third kappa shape index (κ3) is 4.16. The van der Waals surface area contributed by atoms with Gasteiger partial charge in [-0.05, 0) is 31.8 Å². The first kappa shape index (κ1) is 15.7. The van der Waals surface area contributed by atoms with Crippen LogP contribution in [0.3, 0.4) is 0 Å². The largest absolute Gasteiger partial charge is 0.466 e. The topological polar surface area (TPSA) is 57.0 Å². The van der Waals surface area contributed by atoms with Crippen LogP contribution in [0.5, 0.6) is 0 Å². The highest BCUT2D eigenvalue weighted by atomic mass is 16.5. The summed E-state index contributed by atoms with van der Waals surface area (Å²) in [5.74, 6) is -0.358. The van der Waals surface area contributed by atoms with Gasteiger partial charge in [0.1, 0.15) is 5.69 Å². The molecule has 1 aliphatic carbocycles. The van der Waals surface area contributed by atoms with E-state index in [-0.39, 0.29) is 5.97 Å². The van der Waals surface area contributed by atoms with Gasteiger partial charge in [0, 0.05) is 6.08 Å². The minimum absolute atomic E-state index is 0.358. The number of hydrogen-bond donors (Lipinski definition) is 0. The quantitative estimate of drug-likeness (QED) is 0.596. The van der Waals surface area contributed by atoms with Crippen molar-refractivity contribution in [2.45, 2.75) is 64.3 Å². The number of esters is 1. The number of hydrogen-bond acceptors (Lipinski definition) is 4. The molecule has 0 radical (unpaired) electrons. The molecule has 5 heteroatoms. The summed E-state index contributed by atoms with van der Waals surface area (Å²) < 4.78 is 6.74. The van der Waals surface area contributed by atoms with Gasteiger partial charge in [0.2, 0.25) is 0 Å². The van der Waals surface area contributed by atoms with Crippen LogP contribution in [-0.4, -0.2) is 28.1 Å². The Bertz CT molecular complexity index is 488. The van der Waals surface area contributed by atoms with Crippen LogP contribution < -0.4 is 0 Å². The molecule has 0 aromatic carbocycles. The number of aromatic nitrogens is 3. The lowest BCUT2D eigenvalue weighted by molar-refractivity contribution is -0.134. The van der Waals surface area contributed by atoms with Gasteiger partial charge in [0.15, 0.2) is 0 Å². The number of nitrogens with zero attached hydrogens (tertiary/aromatic N) is 3. The van der Waals surface area contributed by atoms with Gasteiger partial charge in [0.25, 0.3) is 0 Å². The highest BCUT2D eigenvalue weighted by molar-refractivity contribution is 5.86. The van der Waals surface area contributed by atoms with E-state index in [1.807, 2.05) is 0 Å². The van der Waals surface area contributed by atoms with Gasteiger partial charge in [-0.15, -0.1) is 5.10 Å². The first-order valence-electron chi connectivity index (χ1n) is 7.96. The summed E-state index contributed by atoms with van der Waals surface area (Å²) in [7, 11) is 1.38. The molecule has 1 aromatic heterocycles. The molecule has 5 nitrogen and oxygen atoms in total. The first-order valence-corrected chi connectivity index (χ1v) is 7.96. The minimum Gasteiger partial charge on any atom is -0.466 e. The van der Waals surface area contributed by atoms with E-state index in [9.17, 15) is 4.79 Å². The molecule has 0 amide bonds. The highest BCUT2D eigenvalue weighted by Gasteiger charge is 2.21. The van der Waals surface area contributed by atoms with Crippen LogP contribution in [-0.2, 0) is 16.0 Å². The number of carbonyl (C=O) groups excluding carboxylic acids is 1. The molecule has 116 valence electrons. The minimum atomic E-state index is -0.358. The number of carbonyl (C=O) groups is 1. The Kier molecular flexibility index (Phi) is 5.96. The molecular formula is C16H25N3O2. The van der Waals surface area contributed by atoms with Crippen molar-refractivity contribution in [3.63, 3.8) is 0 Å². The predicted molar refractivity (Wildman–Crippen MR) is 81.8 cm³/mol. The SMILES string of the molecule is CCCCc1c(/C=C\C(=O)OC)nnn1C1CCCCC1. The Hall–Kier alpha value is -1.65. The predicted octanol–water partition coefficient (Wildman–Crippen LogP) is 3.31. The zero-order valence-electron chi connectivity index (χ0n) is 13.0.